The van der Waals surface area contributed by atoms with E-state index < -0.39 is 5.97 Å². The second-order valence-electron chi connectivity index (χ2n) is 5.18. The van der Waals surface area contributed by atoms with E-state index in [1.54, 1.807) is 7.11 Å². The van der Waals surface area contributed by atoms with Gasteiger partial charge in [-0.3, -0.25) is 9.59 Å². The molecule has 0 aliphatic rings. The Bertz CT molecular complexity index is 470. The monoisotopic (exact) mass is 293 g/mol. The van der Waals surface area contributed by atoms with Gasteiger partial charge in [0, 0.05) is 13.0 Å². The first kappa shape index (κ1) is 17.0. The van der Waals surface area contributed by atoms with E-state index in [0.717, 1.165) is 11.3 Å². The minimum atomic E-state index is -0.848. The topological polar surface area (TPSA) is 75.6 Å². The summed E-state index contributed by atoms with van der Waals surface area (Å²) in [6, 6.07) is 7.43. The van der Waals surface area contributed by atoms with Crippen molar-refractivity contribution < 1.29 is 19.4 Å². The SMILES string of the molecule is CCC(C(=O)NCC(C)CC(=O)O)c1ccc(OC)cc1. The van der Waals surface area contributed by atoms with E-state index in [0.29, 0.717) is 13.0 Å². The third kappa shape index (κ3) is 5.45. The molecule has 116 valence electrons. The predicted molar refractivity (Wildman–Crippen MR) is 80.5 cm³/mol. The summed E-state index contributed by atoms with van der Waals surface area (Å²) in [6.45, 7) is 4.13. The van der Waals surface area contributed by atoms with Gasteiger partial charge in [0.1, 0.15) is 5.75 Å². The Morgan fingerprint density at radius 3 is 2.38 bits per heavy atom. The predicted octanol–water partition coefficient (Wildman–Crippen LogP) is 2.42. The minimum absolute atomic E-state index is 0.0552. The van der Waals surface area contributed by atoms with E-state index in [9.17, 15) is 9.59 Å². The van der Waals surface area contributed by atoms with Crippen molar-refractivity contribution in [3.63, 3.8) is 0 Å². The fraction of sp³-hybridized carbons (Fsp3) is 0.500. The summed E-state index contributed by atoms with van der Waals surface area (Å²) in [5.74, 6) is -0.476. The molecule has 0 bridgehead atoms. The van der Waals surface area contributed by atoms with Gasteiger partial charge in [-0.25, -0.2) is 0 Å². The van der Waals surface area contributed by atoms with Gasteiger partial charge in [-0.15, -0.1) is 0 Å². The van der Waals surface area contributed by atoms with E-state index in [1.165, 1.54) is 0 Å². The first-order valence-corrected chi connectivity index (χ1v) is 7.11. The van der Waals surface area contributed by atoms with E-state index in [2.05, 4.69) is 5.32 Å². The van der Waals surface area contributed by atoms with Crippen LogP contribution in [0.5, 0.6) is 5.75 Å². The van der Waals surface area contributed by atoms with Crippen molar-refractivity contribution in [1.29, 1.82) is 0 Å². The molecular formula is C16H23NO4. The number of amides is 1. The maximum Gasteiger partial charge on any atom is 0.303 e. The normalized spacial score (nSPS) is 13.3. The zero-order valence-electron chi connectivity index (χ0n) is 12.8. The van der Waals surface area contributed by atoms with Gasteiger partial charge >= 0.3 is 5.97 Å². The highest BCUT2D eigenvalue weighted by Gasteiger charge is 2.19. The Morgan fingerprint density at radius 1 is 1.29 bits per heavy atom. The zero-order chi connectivity index (χ0) is 15.8. The number of benzene rings is 1. The first-order chi connectivity index (χ1) is 9.97. The number of aliphatic carboxylic acids is 1. The van der Waals surface area contributed by atoms with Crippen LogP contribution >= 0.6 is 0 Å². The molecule has 21 heavy (non-hydrogen) atoms. The highest BCUT2D eigenvalue weighted by atomic mass is 16.5. The molecule has 1 amide bonds. The average Bonchev–Trinajstić information content (AvgIpc) is 2.46. The van der Waals surface area contributed by atoms with Crippen molar-refractivity contribution in [3.8, 4) is 5.75 Å². The lowest BCUT2D eigenvalue weighted by Gasteiger charge is -2.17. The van der Waals surface area contributed by atoms with Gasteiger partial charge in [0.05, 0.1) is 13.0 Å². The van der Waals surface area contributed by atoms with Gasteiger partial charge in [-0.05, 0) is 30.0 Å². The summed E-state index contributed by atoms with van der Waals surface area (Å²) < 4.78 is 5.10. The van der Waals surface area contributed by atoms with Crippen LogP contribution in [0.4, 0.5) is 0 Å². The number of carbonyl (C=O) groups is 2. The first-order valence-electron chi connectivity index (χ1n) is 7.11. The molecule has 0 aliphatic heterocycles. The molecule has 0 heterocycles. The number of carboxylic acids is 1. The minimum Gasteiger partial charge on any atom is -0.497 e. The Labute approximate surface area is 125 Å². The van der Waals surface area contributed by atoms with Crippen LogP contribution in [0.2, 0.25) is 0 Å². The van der Waals surface area contributed by atoms with Crippen LogP contribution in [0, 0.1) is 5.92 Å². The summed E-state index contributed by atoms with van der Waals surface area (Å²) in [5.41, 5.74) is 0.932. The van der Waals surface area contributed by atoms with Crippen molar-refractivity contribution in [2.24, 2.45) is 5.92 Å². The number of carbonyl (C=O) groups excluding carboxylic acids is 1. The quantitative estimate of drug-likeness (QED) is 0.772. The lowest BCUT2D eigenvalue weighted by atomic mass is 9.95. The summed E-state index contributed by atoms with van der Waals surface area (Å²) in [6.07, 6.45) is 0.741. The van der Waals surface area contributed by atoms with Gasteiger partial charge < -0.3 is 15.2 Å². The van der Waals surface area contributed by atoms with Crippen molar-refractivity contribution in [1.82, 2.24) is 5.32 Å². The third-order valence-electron chi connectivity index (χ3n) is 3.39. The number of hydrogen-bond acceptors (Lipinski definition) is 3. The molecule has 5 nitrogen and oxygen atoms in total. The Hall–Kier alpha value is -2.04. The average molecular weight is 293 g/mol. The summed E-state index contributed by atoms with van der Waals surface area (Å²) >= 11 is 0. The fourth-order valence-corrected chi connectivity index (χ4v) is 2.18. The van der Waals surface area contributed by atoms with Crippen LogP contribution in [0.25, 0.3) is 0 Å². The van der Waals surface area contributed by atoms with Crippen molar-refractivity contribution in [2.45, 2.75) is 32.6 Å². The van der Waals surface area contributed by atoms with Gasteiger partial charge in [-0.1, -0.05) is 26.0 Å². The van der Waals surface area contributed by atoms with Crippen molar-refractivity contribution >= 4 is 11.9 Å². The highest BCUT2D eigenvalue weighted by molar-refractivity contribution is 5.83. The lowest BCUT2D eigenvalue weighted by Crippen LogP contribution is -2.33. The maximum atomic E-state index is 12.2. The smallest absolute Gasteiger partial charge is 0.303 e. The van der Waals surface area contributed by atoms with Crippen LogP contribution in [0.15, 0.2) is 24.3 Å². The Kier molecular flexibility index (Phi) is 6.72. The molecule has 1 aromatic rings. The van der Waals surface area contributed by atoms with E-state index in [-0.39, 0.29) is 24.2 Å². The summed E-state index contributed by atoms with van der Waals surface area (Å²) in [4.78, 5) is 22.8. The number of hydrogen-bond donors (Lipinski definition) is 2. The number of rotatable bonds is 8. The van der Waals surface area contributed by atoms with Gasteiger partial charge in [0.15, 0.2) is 0 Å². The van der Waals surface area contributed by atoms with E-state index in [1.807, 2.05) is 38.1 Å². The Morgan fingerprint density at radius 2 is 1.90 bits per heavy atom. The molecule has 0 fully saturated rings. The molecule has 2 atom stereocenters. The largest absolute Gasteiger partial charge is 0.497 e. The second kappa shape index (κ2) is 8.29. The van der Waals surface area contributed by atoms with Gasteiger partial charge in [-0.2, -0.15) is 0 Å². The van der Waals surface area contributed by atoms with Gasteiger partial charge in [0.25, 0.3) is 0 Å². The maximum absolute atomic E-state index is 12.2. The molecule has 0 radical (unpaired) electrons. The van der Waals surface area contributed by atoms with Crippen molar-refractivity contribution in [2.75, 3.05) is 13.7 Å². The van der Waals surface area contributed by atoms with Crippen LogP contribution in [0.1, 0.15) is 38.2 Å². The molecule has 0 saturated heterocycles. The molecule has 1 aromatic carbocycles. The molecule has 0 aromatic heterocycles. The van der Waals surface area contributed by atoms with Crippen LogP contribution in [-0.2, 0) is 9.59 Å². The second-order valence-corrected chi connectivity index (χ2v) is 5.18. The Balaban J connectivity index is 2.61. The van der Waals surface area contributed by atoms with Crippen LogP contribution in [0.3, 0.4) is 0 Å². The molecule has 2 unspecified atom stereocenters. The molecule has 5 heteroatoms. The van der Waals surface area contributed by atoms with Gasteiger partial charge in [0.2, 0.25) is 5.91 Å². The summed E-state index contributed by atoms with van der Waals surface area (Å²) in [7, 11) is 1.60. The van der Waals surface area contributed by atoms with Crippen LogP contribution in [-0.4, -0.2) is 30.6 Å². The molecule has 2 N–H and O–H groups in total. The van der Waals surface area contributed by atoms with Crippen LogP contribution < -0.4 is 10.1 Å². The molecule has 0 spiro atoms. The third-order valence-corrected chi connectivity index (χ3v) is 3.39. The number of nitrogens with one attached hydrogen (secondary N) is 1. The number of methoxy groups -OCH3 is 1. The zero-order valence-corrected chi connectivity index (χ0v) is 12.8. The lowest BCUT2D eigenvalue weighted by molar-refractivity contribution is -0.138. The fourth-order valence-electron chi connectivity index (χ4n) is 2.18. The number of ether oxygens (including phenoxy) is 1. The molecule has 0 saturated carbocycles. The van der Waals surface area contributed by atoms with E-state index >= 15 is 0 Å². The molecule has 0 aliphatic carbocycles. The standard InChI is InChI=1S/C16H23NO4/c1-4-14(12-5-7-13(21-3)8-6-12)16(20)17-10-11(2)9-15(18)19/h5-8,11,14H,4,9-10H2,1-3H3,(H,17,20)(H,18,19). The van der Waals surface area contributed by atoms with E-state index in [4.69, 9.17) is 9.84 Å². The molecular weight excluding hydrogens is 270 g/mol. The van der Waals surface area contributed by atoms with Crippen molar-refractivity contribution in [3.05, 3.63) is 29.8 Å². The molecule has 1 rings (SSSR count). The summed E-state index contributed by atoms with van der Waals surface area (Å²) in [5, 5.41) is 11.5. The highest BCUT2D eigenvalue weighted by Crippen LogP contribution is 2.22. The number of carboxylic acid groups (broad SMARTS) is 1.